The molecule has 0 amide bonds. The summed E-state index contributed by atoms with van der Waals surface area (Å²) in [6, 6.07) is 6.19. The third-order valence-electron chi connectivity index (χ3n) is 5.57. The first-order valence-corrected chi connectivity index (χ1v) is 9.34. The number of rotatable bonds is 3. The second kappa shape index (κ2) is 6.69. The van der Waals surface area contributed by atoms with Crippen molar-refractivity contribution in [2.75, 3.05) is 19.6 Å². The van der Waals surface area contributed by atoms with E-state index in [0.29, 0.717) is 17.8 Å². The van der Waals surface area contributed by atoms with Gasteiger partial charge >= 0.3 is 0 Å². The Hall–Kier alpha value is -2.31. The van der Waals surface area contributed by atoms with Crippen LogP contribution in [0, 0.1) is 5.82 Å². The summed E-state index contributed by atoms with van der Waals surface area (Å²) in [5.41, 5.74) is 5.18. The molecule has 1 aromatic heterocycles. The van der Waals surface area contributed by atoms with Gasteiger partial charge in [-0.15, -0.1) is 0 Å². The van der Waals surface area contributed by atoms with Crippen molar-refractivity contribution in [1.29, 1.82) is 0 Å². The van der Waals surface area contributed by atoms with Gasteiger partial charge in [0.15, 0.2) is 0 Å². The molecule has 0 aliphatic carbocycles. The van der Waals surface area contributed by atoms with Crippen molar-refractivity contribution >= 4 is 5.71 Å². The average Bonchev–Trinajstić information content (AvgIpc) is 2.98. The van der Waals surface area contributed by atoms with Crippen molar-refractivity contribution < 1.29 is 9.50 Å². The number of hydrogen-bond acceptors (Lipinski definition) is 5. The molecule has 27 heavy (non-hydrogen) atoms. The molecule has 4 rings (SSSR count). The molecule has 1 fully saturated rings. The zero-order valence-electron chi connectivity index (χ0n) is 16.0. The Labute approximate surface area is 159 Å². The molecule has 1 aromatic carbocycles. The molecule has 2 aromatic rings. The van der Waals surface area contributed by atoms with Gasteiger partial charge in [-0.25, -0.2) is 4.39 Å². The van der Waals surface area contributed by atoms with Gasteiger partial charge in [0.1, 0.15) is 11.6 Å². The van der Waals surface area contributed by atoms with Gasteiger partial charge in [0.25, 0.3) is 0 Å². The number of aromatic hydroxyl groups is 1. The van der Waals surface area contributed by atoms with Gasteiger partial charge in [-0.2, -0.15) is 0 Å². The molecular weight excluding hydrogens is 343 g/mol. The first-order valence-electron chi connectivity index (χ1n) is 9.34. The van der Waals surface area contributed by atoms with E-state index in [-0.39, 0.29) is 11.3 Å². The Morgan fingerprint density at radius 1 is 1.30 bits per heavy atom. The molecule has 0 saturated carbocycles. The fourth-order valence-electron chi connectivity index (χ4n) is 3.98. The summed E-state index contributed by atoms with van der Waals surface area (Å²) in [6.07, 6.45) is 0. The lowest BCUT2D eigenvalue weighted by Gasteiger charge is -2.43. The fraction of sp³-hybridized carbons (Fsp3) is 0.429. The quantitative estimate of drug-likeness (QED) is 0.874. The second-order valence-electron chi connectivity index (χ2n) is 7.96. The molecule has 142 valence electrons. The molecule has 0 spiro atoms. The lowest BCUT2D eigenvalue weighted by Crippen LogP contribution is -2.57. The third-order valence-corrected chi connectivity index (χ3v) is 5.57. The molecule has 1 saturated heterocycles. The molecular formula is C21H25FN4O. The molecule has 3 heterocycles. The number of benzene rings is 1. The molecule has 5 nitrogen and oxygen atoms in total. The van der Waals surface area contributed by atoms with E-state index in [1.807, 2.05) is 13.0 Å². The van der Waals surface area contributed by atoms with E-state index in [0.717, 1.165) is 54.8 Å². The summed E-state index contributed by atoms with van der Waals surface area (Å²) in [7, 11) is 0. The van der Waals surface area contributed by atoms with Crippen molar-refractivity contribution in [3.63, 3.8) is 0 Å². The van der Waals surface area contributed by atoms with Crippen molar-refractivity contribution in [1.82, 2.24) is 15.2 Å². The van der Waals surface area contributed by atoms with E-state index in [1.54, 1.807) is 6.07 Å². The summed E-state index contributed by atoms with van der Waals surface area (Å²) < 4.78 is 14.4. The summed E-state index contributed by atoms with van der Waals surface area (Å²) >= 11 is 0. The maximum absolute atomic E-state index is 14.4. The Bertz CT molecular complexity index is 923. The number of aliphatic imine (C=N–C) groups is 1. The van der Waals surface area contributed by atoms with Gasteiger partial charge in [-0.3, -0.25) is 14.9 Å². The van der Waals surface area contributed by atoms with E-state index in [2.05, 4.69) is 34.0 Å². The van der Waals surface area contributed by atoms with Crippen molar-refractivity contribution in [2.45, 2.75) is 39.4 Å². The maximum atomic E-state index is 14.4. The van der Waals surface area contributed by atoms with Gasteiger partial charge in [0, 0.05) is 54.6 Å². The van der Waals surface area contributed by atoms with Crippen molar-refractivity contribution in [3.05, 3.63) is 46.9 Å². The summed E-state index contributed by atoms with van der Waals surface area (Å²) in [4.78, 5) is 11.7. The summed E-state index contributed by atoms with van der Waals surface area (Å²) in [6.45, 7) is 10.7. The molecule has 2 aliphatic heterocycles. The fourth-order valence-corrected chi connectivity index (χ4v) is 3.98. The number of hydrogen-bond donors (Lipinski definition) is 2. The monoisotopic (exact) mass is 368 g/mol. The van der Waals surface area contributed by atoms with Crippen LogP contribution in [0.1, 0.15) is 37.6 Å². The third kappa shape index (κ3) is 3.35. The van der Waals surface area contributed by atoms with Gasteiger partial charge in [0.05, 0.1) is 17.9 Å². The number of fused-ring (bicyclic) bond motifs is 1. The Balaban J connectivity index is 1.78. The van der Waals surface area contributed by atoms with Crippen molar-refractivity contribution in [2.24, 2.45) is 4.99 Å². The largest absolute Gasteiger partial charge is 0.508 e. The molecule has 0 atom stereocenters. The molecule has 0 unspecified atom stereocenters. The van der Waals surface area contributed by atoms with E-state index in [1.165, 1.54) is 6.07 Å². The first-order chi connectivity index (χ1) is 12.8. The van der Waals surface area contributed by atoms with Crippen LogP contribution in [-0.2, 0) is 13.1 Å². The zero-order valence-corrected chi connectivity index (χ0v) is 16.0. The predicted molar refractivity (Wildman–Crippen MR) is 105 cm³/mol. The number of pyridine rings is 1. The van der Waals surface area contributed by atoms with Crippen LogP contribution in [0.4, 0.5) is 4.39 Å². The van der Waals surface area contributed by atoms with E-state index in [4.69, 9.17) is 0 Å². The second-order valence-corrected chi connectivity index (χ2v) is 7.96. The summed E-state index contributed by atoms with van der Waals surface area (Å²) in [5, 5.41) is 13.0. The highest BCUT2D eigenvalue weighted by Gasteiger charge is 2.31. The minimum Gasteiger partial charge on any atom is -0.508 e. The number of phenolic OH excluding ortho intramolecular Hbond substituents is 1. The lowest BCUT2D eigenvalue weighted by atomic mass is 9.95. The number of halogens is 1. The molecule has 0 bridgehead atoms. The normalized spacial score (nSPS) is 19.0. The number of nitrogens with one attached hydrogen (secondary N) is 1. The van der Waals surface area contributed by atoms with Crippen LogP contribution in [-0.4, -0.2) is 45.9 Å². The smallest absolute Gasteiger partial charge is 0.136 e. The van der Waals surface area contributed by atoms with Crippen LogP contribution in [0.15, 0.2) is 29.3 Å². The van der Waals surface area contributed by atoms with Crippen LogP contribution in [0.2, 0.25) is 0 Å². The SMILES string of the molecule is CC1=NCc2nc(-c3ccc(O)cc3F)cc(CN3CCNCC3(C)C)c21. The van der Waals surface area contributed by atoms with Gasteiger partial charge in [-0.1, -0.05) is 0 Å². The maximum Gasteiger partial charge on any atom is 0.136 e. The molecule has 0 radical (unpaired) electrons. The topological polar surface area (TPSA) is 60.8 Å². The molecule has 2 N–H and O–H groups in total. The predicted octanol–water partition coefficient (Wildman–Crippen LogP) is 3.10. The standard InChI is InChI=1S/C21H25FN4O/c1-13-20-14(11-26-7-6-23-12-21(26,2)3)8-18(25-19(20)10-24-13)16-5-4-15(27)9-17(16)22/h4-5,8-9,23,27H,6-7,10-12H2,1-3H3. The number of piperazine rings is 1. The van der Waals surface area contributed by atoms with Crippen LogP contribution in [0.25, 0.3) is 11.3 Å². The Morgan fingerprint density at radius 3 is 2.85 bits per heavy atom. The van der Waals surface area contributed by atoms with Crippen LogP contribution < -0.4 is 5.32 Å². The molecule has 6 heteroatoms. The number of phenols is 1. The zero-order chi connectivity index (χ0) is 19.2. The van der Waals surface area contributed by atoms with E-state index >= 15 is 0 Å². The number of aromatic nitrogens is 1. The van der Waals surface area contributed by atoms with Crippen LogP contribution >= 0.6 is 0 Å². The summed E-state index contributed by atoms with van der Waals surface area (Å²) in [5.74, 6) is -0.550. The van der Waals surface area contributed by atoms with Gasteiger partial charge < -0.3 is 10.4 Å². The van der Waals surface area contributed by atoms with Crippen molar-refractivity contribution in [3.8, 4) is 17.0 Å². The van der Waals surface area contributed by atoms with E-state index < -0.39 is 5.82 Å². The lowest BCUT2D eigenvalue weighted by molar-refractivity contribution is 0.0827. The minimum atomic E-state index is -0.466. The van der Waals surface area contributed by atoms with Gasteiger partial charge in [0.2, 0.25) is 0 Å². The number of nitrogens with zero attached hydrogens (tertiary/aromatic N) is 3. The van der Waals surface area contributed by atoms with E-state index in [9.17, 15) is 9.50 Å². The van der Waals surface area contributed by atoms with Crippen LogP contribution in [0.5, 0.6) is 5.75 Å². The van der Waals surface area contributed by atoms with Gasteiger partial charge in [-0.05, 0) is 44.5 Å². The van der Waals surface area contributed by atoms with Crippen LogP contribution in [0.3, 0.4) is 0 Å². The molecule has 2 aliphatic rings. The Kier molecular flexibility index (Phi) is 4.48. The first kappa shape index (κ1) is 18.1. The highest BCUT2D eigenvalue weighted by atomic mass is 19.1. The minimum absolute atomic E-state index is 0.0437. The highest BCUT2D eigenvalue weighted by molar-refractivity contribution is 6.03. The average molecular weight is 368 g/mol. The highest BCUT2D eigenvalue weighted by Crippen LogP contribution is 2.31. The Morgan fingerprint density at radius 2 is 2.11 bits per heavy atom.